The molecule has 3 rings (SSSR count). The summed E-state index contributed by atoms with van der Waals surface area (Å²) in [5, 5.41) is 4.99. The third kappa shape index (κ3) is 4.40. The van der Waals surface area contributed by atoms with Crippen molar-refractivity contribution in [2.24, 2.45) is 11.4 Å². The Kier molecular flexibility index (Phi) is 6.17. The summed E-state index contributed by atoms with van der Waals surface area (Å²) in [5.41, 5.74) is 3.01. The number of hydrogen-bond acceptors (Lipinski definition) is 4. The van der Waals surface area contributed by atoms with Crippen LogP contribution in [-0.4, -0.2) is 15.7 Å². The van der Waals surface area contributed by atoms with Crippen molar-refractivity contribution in [3.05, 3.63) is 59.0 Å². The lowest BCUT2D eigenvalue weighted by Gasteiger charge is -2.20. The molecule has 0 N–H and O–H groups in total. The minimum atomic E-state index is -1.83. The van der Waals surface area contributed by atoms with Gasteiger partial charge in [0.25, 0.3) is 0 Å². The molecule has 0 spiro atoms. The summed E-state index contributed by atoms with van der Waals surface area (Å²) >= 11 is 0. The van der Waals surface area contributed by atoms with E-state index >= 15 is 0 Å². The van der Waals surface area contributed by atoms with Gasteiger partial charge < -0.3 is 8.57 Å². The normalized spacial score (nSPS) is 13.0. The Morgan fingerprint density at radius 2 is 1.90 bits per heavy atom. The molecule has 7 heteroatoms. The average molecular weight is 415 g/mol. The molecule has 2 aromatic carbocycles. The minimum absolute atomic E-state index is 0.0698. The monoisotopic (exact) mass is 414 g/mol. The number of benzene rings is 2. The third-order valence-corrected chi connectivity index (χ3v) is 6.00. The van der Waals surface area contributed by atoms with E-state index < -0.39 is 16.5 Å². The maximum Gasteiger partial charge on any atom is 0.227 e. The van der Waals surface area contributed by atoms with Gasteiger partial charge in [-0.15, -0.1) is 0 Å². The van der Waals surface area contributed by atoms with Crippen molar-refractivity contribution < 1.29 is 13.4 Å². The first-order valence-electron chi connectivity index (χ1n) is 9.58. The van der Waals surface area contributed by atoms with Gasteiger partial charge in [0.15, 0.2) is 0 Å². The number of nitrogens with zero attached hydrogens (tertiary/aromatic N) is 3. The fourth-order valence-corrected chi connectivity index (χ4v) is 4.36. The molecule has 0 unspecified atom stereocenters. The van der Waals surface area contributed by atoms with Gasteiger partial charge in [0, 0.05) is 12.4 Å². The van der Waals surface area contributed by atoms with Gasteiger partial charge in [-0.1, -0.05) is 50.8 Å². The summed E-state index contributed by atoms with van der Waals surface area (Å²) in [4.78, 5) is 13.1. The van der Waals surface area contributed by atoms with E-state index in [1.165, 1.54) is 6.07 Å². The topological polar surface area (TPSA) is 64.3 Å². The lowest BCUT2D eigenvalue weighted by Crippen LogP contribution is -2.11. The minimum Gasteiger partial charge on any atom is -0.440 e. The Balaban J connectivity index is 1.95. The van der Waals surface area contributed by atoms with Crippen LogP contribution >= 0.6 is 0 Å². The quantitative estimate of drug-likeness (QED) is 0.537. The Morgan fingerprint density at radius 1 is 1.17 bits per heavy atom. The van der Waals surface area contributed by atoms with E-state index in [4.69, 9.17) is 0 Å². The van der Waals surface area contributed by atoms with Gasteiger partial charge >= 0.3 is 0 Å². The van der Waals surface area contributed by atoms with E-state index in [0.29, 0.717) is 16.0 Å². The fourth-order valence-electron chi connectivity index (χ4n) is 3.59. The maximum absolute atomic E-state index is 14.5. The molecule has 1 amide bonds. The van der Waals surface area contributed by atoms with E-state index in [9.17, 15) is 13.4 Å². The van der Waals surface area contributed by atoms with Crippen molar-refractivity contribution in [1.29, 1.82) is 0 Å². The second-order valence-corrected chi connectivity index (χ2v) is 8.89. The zero-order valence-corrected chi connectivity index (χ0v) is 18.1. The Hall–Kier alpha value is -2.54. The Labute approximate surface area is 172 Å². The summed E-state index contributed by atoms with van der Waals surface area (Å²) in [6, 6.07) is 8.38. The van der Waals surface area contributed by atoms with Crippen LogP contribution in [-0.2, 0) is 33.1 Å². The Bertz CT molecular complexity index is 1160. The van der Waals surface area contributed by atoms with Gasteiger partial charge in [0.05, 0.1) is 18.1 Å². The molecule has 0 aliphatic rings. The number of amides is 1. The molecule has 0 saturated carbocycles. The van der Waals surface area contributed by atoms with Crippen molar-refractivity contribution >= 4 is 27.4 Å². The first-order valence-corrected chi connectivity index (χ1v) is 10.7. The van der Waals surface area contributed by atoms with Crippen LogP contribution in [0.15, 0.2) is 45.8 Å². The summed E-state index contributed by atoms with van der Waals surface area (Å²) < 4.78 is 32.7. The first-order chi connectivity index (χ1) is 13.7. The predicted molar refractivity (Wildman–Crippen MR) is 113 cm³/mol. The number of rotatable bonds is 5. The molecular weight excluding hydrogens is 389 g/mol. The van der Waals surface area contributed by atoms with E-state index in [-0.39, 0.29) is 24.1 Å². The molecule has 5 nitrogen and oxygen atoms in total. The molecule has 0 saturated heterocycles. The standard InChI is InChI=1S/C22H25FN3O2S/c1-13(2)17-7-8-19(23)22(14(3)4)18(17)11-21(27)25-29(28)16-6-9-20-15(10-16)12-24-26(20)5/h6-10,12-14H,11H2,1-5H3/q-1. The number of aryl methyl sites for hydroxylation is 1. The zero-order chi connectivity index (χ0) is 21.3. The number of carbonyl (C=O) groups excluding carboxylic acids is 1. The second-order valence-electron chi connectivity index (χ2n) is 7.74. The third-order valence-electron chi connectivity index (χ3n) is 4.97. The molecule has 0 aliphatic carbocycles. The number of carbonyl (C=O) groups is 1. The molecule has 0 fully saturated rings. The van der Waals surface area contributed by atoms with Crippen LogP contribution < -0.4 is 0 Å². The highest BCUT2D eigenvalue weighted by molar-refractivity contribution is 7.75. The van der Waals surface area contributed by atoms with E-state index in [0.717, 1.165) is 16.5 Å². The molecular formula is C22H25FN3O2S-. The molecule has 29 heavy (non-hydrogen) atoms. The van der Waals surface area contributed by atoms with Crippen LogP contribution in [0, 0.1) is 5.82 Å². The summed E-state index contributed by atoms with van der Waals surface area (Å²) in [7, 11) is -0.00533. The molecule has 154 valence electrons. The maximum atomic E-state index is 14.5. The lowest BCUT2D eigenvalue weighted by atomic mass is 9.86. The van der Waals surface area contributed by atoms with Gasteiger partial charge in [0.2, 0.25) is 5.91 Å². The van der Waals surface area contributed by atoms with Crippen LogP contribution in [0.3, 0.4) is 0 Å². The van der Waals surface area contributed by atoms with Crippen LogP contribution in [0.4, 0.5) is 4.39 Å². The SMILES string of the molecule is CC(C)c1ccc(F)c(C(C)C)c1CC(=O)N=[S-](=O)c1ccc2c(cnn2C)c1. The van der Waals surface area contributed by atoms with Crippen molar-refractivity contribution in [3.8, 4) is 0 Å². The smallest absolute Gasteiger partial charge is 0.227 e. The highest BCUT2D eigenvalue weighted by Gasteiger charge is 2.19. The zero-order valence-electron chi connectivity index (χ0n) is 17.3. The van der Waals surface area contributed by atoms with Gasteiger partial charge in [-0.25, -0.2) is 4.39 Å². The number of aromatic nitrogens is 2. The van der Waals surface area contributed by atoms with E-state index in [1.54, 1.807) is 35.1 Å². The van der Waals surface area contributed by atoms with Gasteiger partial charge in [-0.2, -0.15) is 15.7 Å². The molecule has 1 heterocycles. The number of halogens is 1. The highest BCUT2D eigenvalue weighted by atomic mass is 32.2. The van der Waals surface area contributed by atoms with Crippen LogP contribution in [0.5, 0.6) is 0 Å². The summed E-state index contributed by atoms with van der Waals surface area (Å²) in [5.74, 6) is -0.788. The van der Waals surface area contributed by atoms with Crippen LogP contribution in [0.25, 0.3) is 10.9 Å². The van der Waals surface area contributed by atoms with Crippen LogP contribution in [0.1, 0.15) is 56.2 Å². The van der Waals surface area contributed by atoms with Crippen molar-refractivity contribution in [2.45, 2.75) is 50.8 Å². The molecule has 0 aliphatic heterocycles. The number of hydrogen-bond donors (Lipinski definition) is 0. The molecule has 0 bridgehead atoms. The lowest BCUT2D eigenvalue weighted by molar-refractivity contribution is -0.117. The van der Waals surface area contributed by atoms with E-state index in [2.05, 4.69) is 9.46 Å². The van der Waals surface area contributed by atoms with Crippen molar-refractivity contribution in [2.75, 3.05) is 0 Å². The van der Waals surface area contributed by atoms with E-state index in [1.807, 2.05) is 34.7 Å². The molecule has 3 aromatic rings. The molecule has 0 radical (unpaired) electrons. The molecule has 0 atom stereocenters. The van der Waals surface area contributed by atoms with Crippen molar-refractivity contribution in [1.82, 2.24) is 9.78 Å². The summed E-state index contributed by atoms with van der Waals surface area (Å²) in [6.07, 6.45) is 1.61. The first kappa shape index (κ1) is 21.2. The second kappa shape index (κ2) is 8.45. The fraction of sp³-hybridized carbons (Fsp3) is 0.364. The average Bonchev–Trinajstić information content (AvgIpc) is 3.01. The highest BCUT2D eigenvalue weighted by Crippen LogP contribution is 2.30. The van der Waals surface area contributed by atoms with Gasteiger partial charge in [-0.05, 0) is 40.7 Å². The largest absolute Gasteiger partial charge is 0.440 e. The van der Waals surface area contributed by atoms with Crippen molar-refractivity contribution in [3.63, 3.8) is 0 Å². The van der Waals surface area contributed by atoms with Crippen LogP contribution in [0.2, 0.25) is 0 Å². The predicted octanol–water partition coefficient (Wildman–Crippen LogP) is 5.23. The molecule has 1 aromatic heterocycles. The summed E-state index contributed by atoms with van der Waals surface area (Å²) in [6.45, 7) is 7.80. The Morgan fingerprint density at radius 3 is 2.55 bits per heavy atom. The van der Waals surface area contributed by atoms with Gasteiger partial charge in [-0.3, -0.25) is 9.48 Å². The van der Waals surface area contributed by atoms with Gasteiger partial charge in [0.1, 0.15) is 5.82 Å². The number of fused-ring (bicyclic) bond motifs is 1.